The van der Waals surface area contributed by atoms with Crippen molar-refractivity contribution in [3.63, 3.8) is 0 Å². The van der Waals surface area contributed by atoms with Crippen LogP contribution in [-0.2, 0) is 4.74 Å². The molecule has 176 valence electrons. The molecule has 0 radical (unpaired) electrons. The van der Waals surface area contributed by atoms with Gasteiger partial charge in [-0.05, 0) is 91.3 Å². The lowest BCUT2D eigenvalue weighted by Crippen LogP contribution is -2.51. The van der Waals surface area contributed by atoms with Crippen LogP contribution in [0.15, 0.2) is 11.6 Å². The molecule has 4 aliphatic carbocycles. The summed E-state index contributed by atoms with van der Waals surface area (Å²) in [5.74, 6) is 5.19. The van der Waals surface area contributed by atoms with Gasteiger partial charge >= 0.3 is 5.43 Å². The van der Waals surface area contributed by atoms with E-state index in [1.165, 1.54) is 51.4 Å². The average Bonchev–Trinajstić information content (AvgIpc) is 3.05. The van der Waals surface area contributed by atoms with E-state index in [1.807, 2.05) is 0 Å². The van der Waals surface area contributed by atoms with Gasteiger partial charge in [-0.1, -0.05) is 65.5 Å². The molecule has 0 aromatic heterocycles. The fourth-order valence-electron chi connectivity index (χ4n) is 8.88. The highest BCUT2D eigenvalue weighted by Crippen LogP contribution is 2.67. The SMILES string of the molecule is CC(C)CCC[C@@H](C)[C@H]1CCC2C3CC=C4C[C@@H](OC(=O)Cl)CC[C@]4(C)C3CC[C@@]21C. The van der Waals surface area contributed by atoms with Crippen molar-refractivity contribution in [2.75, 3.05) is 0 Å². The zero-order valence-corrected chi connectivity index (χ0v) is 21.3. The van der Waals surface area contributed by atoms with Gasteiger partial charge in [0, 0.05) is 18.0 Å². The van der Waals surface area contributed by atoms with Crippen molar-refractivity contribution in [2.45, 2.75) is 111 Å². The number of hydrogen-bond acceptors (Lipinski definition) is 2. The monoisotopic (exact) mass is 448 g/mol. The maximum atomic E-state index is 11.2. The molecule has 0 aromatic carbocycles. The minimum atomic E-state index is -0.643. The molecule has 2 nitrogen and oxygen atoms in total. The van der Waals surface area contributed by atoms with Crippen LogP contribution >= 0.6 is 11.6 Å². The molecule has 4 rings (SSSR count). The van der Waals surface area contributed by atoms with E-state index in [4.69, 9.17) is 16.3 Å². The number of halogens is 1. The van der Waals surface area contributed by atoms with Crippen molar-refractivity contribution >= 4 is 17.0 Å². The smallest absolute Gasteiger partial charge is 0.404 e. The number of carbonyl (C=O) groups is 1. The van der Waals surface area contributed by atoms with E-state index in [-0.39, 0.29) is 6.10 Å². The van der Waals surface area contributed by atoms with E-state index < -0.39 is 5.43 Å². The maximum Gasteiger partial charge on any atom is 0.404 e. The Labute approximate surface area is 195 Å². The van der Waals surface area contributed by atoms with Crippen molar-refractivity contribution in [3.05, 3.63) is 11.6 Å². The van der Waals surface area contributed by atoms with Crippen LogP contribution in [0.3, 0.4) is 0 Å². The van der Waals surface area contributed by atoms with E-state index in [0.29, 0.717) is 10.8 Å². The molecule has 0 saturated heterocycles. The summed E-state index contributed by atoms with van der Waals surface area (Å²) in [5.41, 5.74) is 1.77. The Morgan fingerprint density at radius 3 is 2.58 bits per heavy atom. The summed E-state index contributed by atoms with van der Waals surface area (Å²) in [5, 5.41) is 0. The predicted octanol–water partition coefficient (Wildman–Crippen LogP) is 8.77. The van der Waals surface area contributed by atoms with Crippen LogP contribution in [0.2, 0.25) is 0 Å². The van der Waals surface area contributed by atoms with E-state index in [0.717, 1.165) is 54.8 Å². The minimum Gasteiger partial charge on any atom is -0.450 e. The summed E-state index contributed by atoms with van der Waals surface area (Å²) in [6.45, 7) is 12.5. The second kappa shape index (κ2) is 9.03. The molecule has 3 unspecified atom stereocenters. The molecule has 0 spiro atoms. The third-order valence-electron chi connectivity index (χ3n) is 10.5. The zero-order chi connectivity index (χ0) is 22.4. The fraction of sp³-hybridized carbons (Fsp3) is 0.893. The van der Waals surface area contributed by atoms with Crippen molar-refractivity contribution in [1.82, 2.24) is 0 Å². The standard InChI is InChI=1S/C28H45ClO2/c1-18(2)7-6-8-19(3)23-11-12-24-22-10-9-20-17-21(31-26(29)30)13-15-27(20,4)25(22)14-16-28(23,24)5/h9,18-19,21-25H,6-8,10-17H2,1-5H3/t19-,21+,22?,23-,24?,25?,27+,28-/m1/s1. The zero-order valence-electron chi connectivity index (χ0n) is 20.6. The summed E-state index contributed by atoms with van der Waals surface area (Å²) >= 11 is 5.51. The number of carbonyl (C=O) groups excluding carboxylic acids is 1. The molecule has 3 saturated carbocycles. The highest BCUT2D eigenvalue weighted by molar-refractivity contribution is 6.61. The van der Waals surface area contributed by atoms with Crippen LogP contribution in [0, 0.1) is 46.3 Å². The molecule has 4 aliphatic rings. The Kier molecular flexibility index (Phi) is 6.89. The number of rotatable bonds is 6. The van der Waals surface area contributed by atoms with Crippen LogP contribution in [0.1, 0.15) is 105 Å². The van der Waals surface area contributed by atoms with E-state index in [1.54, 1.807) is 5.57 Å². The van der Waals surface area contributed by atoms with Gasteiger partial charge in [0.2, 0.25) is 0 Å². The minimum absolute atomic E-state index is 0.0164. The molecular formula is C28H45ClO2. The largest absolute Gasteiger partial charge is 0.450 e. The van der Waals surface area contributed by atoms with Gasteiger partial charge in [-0.15, -0.1) is 0 Å². The Hall–Kier alpha value is -0.500. The quantitative estimate of drug-likeness (QED) is 0.299. The highest BCUT2D eigenvalue weighted by atomic mass is 35.5. The van der Waals surface area contributed by atoms with Crippen LogP contribution in [0.4, 0.5) is 4.79 Å². The Balaban J connectivity index is 1.47. The molecular weight excluding hydrogens is 404 g/mol. The second-order valence-electron chi connectivity index (χ2n) is 12.5. The highest BCUT2D eigenvalue weighted by Gasteiger charge is 2.59. The Bertz CT molecular complexity index is 699. The summed E-state index contributed by atoms with van der Waals surface area (Å²) in [6, 6.07) is 0. The molecule has 0 N–H and O–H groups in total. The number of fused-ring (bicyclic) bond motifs is 5. The lowest BCUT2D eigenvalue weighted by molar-refractivity contribution is -0.0573. The topological polar surface area (TPSA) is 26.3 Å². The molecule has 0 heterocycles. The van der Waals surface area contributed by atoms with Gasteiger partial charge in [0.25, 0.3) is 0 Å². The van der Waals surface area contributed by atoms with Crippen molar-refractivity contribution in [1.29, 1.82) is 0 Å². The van der Waals surface area contributed by atoms with Crippen LogP contribution < -0.4 is 0 Å². The van der Waals surface area contributed by atoms with Gasteiger partial charge < -0.3 is 4.74 Å². The normalized spacial score (nSPS) is 42.9. The second-order valence-corrected chi connectivity index (χ2v) is 12.8. The van der Waals surface area contributed by atoms with Gasteiger partial charge in [-0.3, -0.25) is 0 Å². The summed E-state index contributed by atoms with van der Waals surface area (Å²) in [4.78, 5) is 11.2. The Morgan fingerprint density at radius 1 is 1.10 bits per heavy atom. The third kappa shape index (κ3) is 4.36. The van der Waals surface area contributed by atoms with Crippen LogP contribution in [-0.4, -0.2) is 11.5 Å². The lowest BCUT2D eigenvalue weighted by Gasteiger charge is -2.58. The molecule has 3 fully saturated rings. The van der Waals surface area contributed by atoms with E-state index in [9.17, 15) is 4.79 Å². The maximum absolute atomic E-state index is 11.2. The molecule has 0 bridgehead atoms. The Morgan fingerprint density at radius 2 is 1.87 bits per heavy atom. The first-order valence-corrected chi connectivity index (χ1v) is 13.6. The van der Waals surface area contributed by atoms with Crippen molar-refractivity contribution in [3.8, 4) is 0 Å². The number of hydrogen-bond donors (Lipinski definition) is 0. The van der Waals surface area contributed by atoms with Gasteiger partial charge in [-0.25, -0.2) is 4.79 Å². The number of ether oxygens (including phenoxy) is 1. The number of allylic oxidation sites excluding steroid dienone is 1. The molecule has 31 heavy (non-hydrogen) atoms. The van der Waals surface area contributed by atoms with Crippen LogP contribution in [0.5, 0.6) is 0 Å². The van der Waals surface area contributed by atoms with Crippen molar-refractivity contribution in [2.24, 2.45) is 46.3 Å². The third-order valence-corrected chi connectivity index (χ3v) is 10.6. The van der Waals surface area contributed by atoms with E-state index in [2.05, 4.69) is 40.7 Å². The molecule has 0 amide bonds. The first-order chi connectivity index (χ1) is 14.6. The van der Waals surface area contributed by atoms with Gasteiger partial charge in [-0.2, -0.15) is 0 Å². The van der Waals surface area contributed by atoms with Crippen LogP contribution in [0.25, 0.3) is 0 Å². The summed E-state index contributed by atoms with van der Waals surface area (Å²) in [7, 11) is 0. The molecule has 3 heteroatoms. The van der Waals surface area contributed by atoms with Gasteiger partial charge in [0.15, 0.2) is 0 Å². The lowest BCUT2D eigenvalue weighted by atomic mass is 9.47. The first-order valence-electron chi connectivity index (χ1n) is 13.2. The summed E-state index contributed by atoms with van der Waals surface area (Å²) in [6.07, 6.45) is 16.7. The molecule has 8 atom stereocenters. The predicted molar refractivity (Wildman–Crippen MR) is 129 cm³/mol. The first kappa shape index (κ1) is 23.7. The average molecular weight is 449 g/mol. The molecule has 0 aromatic rings. The van der Waals surface area contributed by atoms with Crippen molar-refractivity contribution < 1.29 is 9.53 Å². The fourth-order valence-corrected chi connectivity index (χ4v) is 9.01. The summed E-state index contributed by atoms with van der Waals surface area (Å²) < 4.78 is 5.38. The molecule has 0 aliphatic heterocycles. The van der Waals surface area contributed by atoms with Gasteiger partial charge in [0.05, 0.1) is 0 Å². The van der Waals surface area contributed by atoms with E-state index >= 15 is 0 Å². The van der Waals surface area contributed by atoms with Gasteiger partial charge in [0.1, 0.15) is 6.10 Å².